The maximum atomic E-state index is 10.4. The van der Waals surface area contributed by atoms with Gasteiger partial charge in [0.25, 0.3) is 0 Å². The quantitative estimate of drug-likeness (QED) is 0.390. The maximum Gasteiger partial charge on any atom is 0.217 e. The van der Waals surface area contributed by atoms with E-state index in [0.29, 0.717) is 25.9 Å². The van der Waals surface area contributed by atoms with E-state index >= 15 is 0 Å². The first-order valence-electron chi connectivity index (χ1n) is 8.44. The van der Waals surface area contributed by atoms with Crippen molar-refractivity contribution >= 4 is 5.91 Å². The molecule has 1 atom stereocenters. The average Bonchev–Trinajstić information content (AvgIpc) is 2.46. The number of primary amides is 1. The van der Waals surface area contributed by atoms with Gasteiger partial charge in [-0.25, -0.2) is 0 Å². The molecule has 0 heterocycles. The summed E-state index contributed by atoms with van der Waals surface area (Å²) in [6.45, 7) is 3.07. The molecule has 0 aliphatic rings. The van der Waals surface area contributed by atoms with Crippen molar-refractivity contribution in [3.8, 4) is 0 Å². The molecule has 0 aliphatic heterocycles. The van der Waals surface area contributed by atoms with Gasteiger partial charge >= 0.3 is 0 Å². The van der Waals surface area contributed by atoms with Crippen LogP contribution >= 0.6 is 0 Å². The number of amides is 1. The summed E-state index contributed by atoms with van der Waals surface area (Å²) in [5, 5.41) is 8.65. The maximum absolute atomic E-state index is 10.4. The van der Waals surface area contributed by atoms with E-state index in [4.69, 9.17) is 22.3 Å². The zero-order valence-corrected chi connectivity index (χ0v) is 13.9. The van der Waals surface area contributed by atoms with Crippen LogP contribution in [0.3, 0.4) is 0 Å². The van der Waals surface area contributed by atoms with Crippen LogP contribution in [-0.4, -0.2) is 30.2 Å². The number of carbonyl (C=O) groups excluding carboxylic acids is 1. The van der Waals surface area contributed by atoms with Crippen LogP contribution < -0.4 is 17.2 Å². The van der Waals surface area contributed by atoms with Crippen LogP contribution in [0.1, 0.15) is 77.6 Å². The van der Waals surface area contributed by atoms with Crippen molar-refractivity contribution in [1.29, 1.82) is 0 Å². The Bertz CT molecular complexity index is 214. The lowest BCUT2D eigenvalue weighted by Gasteiger charge is -2.01. The molecule has 0 aromatic heterocycles. The van der Waals surface area contributed by atoms with Crippen molar-refractivity contribution in [2.24, 2.45) is 17.2 Å². The van der Waals surface area contributed by atoms with Crippen LogP contribution in [0.25, 0.3) is 0 Å². The second-order valence-corrected chi connectivity index (χ2v) is 5.51. The Kier molecular flexibility index (Phi) is 20.9. The Labute approximate surface area is 130 Å². The van der Waals surface area contributed by atoms with Crippen LogP contribution in [-0.2, 0) is 4.79 Å². The van der Waals surface area contributed by atoms with Crippen LogP contribution in [0.4, 0.5) is 0 Å². The molecule has 0 fully saturated rings. The number of hydrogen-bond donors (Lipinski definition) is 4. The molecule has 0 aromatic rings. The molecule has 0 aliphatic carbocycles. The monoisotopic (exact) mass is 303 g/mol. The van der Waals surface area contributed by atoms with E-state index < -0.39 is 6.10 Å². The summed E-state index contributed by atoms with van der Waals surface area (Å²) in [6.07, 6.45) is 12.3. The topological polar surface area (TPSA) is 115 Å². The van der Waals surface area contributed by atoms with Gasteiger partial charge in [0.1, 0.15) is 0 Å². The summed E-state index contributed by atoms with van der Waals surface area (Å²) in [7, 11) is 0. The number of rotatable bonds is 13. The van der Waals surface area contributed by atoms with Gasteiger partial charge in [-0.05, 0) is 19.4 Å². The molecule has 0 radical (unpaired) electrons. The van der Waals surface area contributed by atoms with Gasteiger partial charge in [0.15, 0.2) is 0 Å². The highest BCUT2D eigenvalue weighted by molar-refractivity contribution is 5.73. The minimum atomic E-state index is -0.398. The van der Waals surface area contributed by atoms with E-state index in [1.165, 1.54) is 44.9 Å². The highest BCUT2D eigenvalue weighted by Crippen LogP contribution is 2.10. The minimum absolute atomic E-state index is 0.159. The predicted molar refractivity (Wildman–Crippen MR) is 89.8 cm³/mol. The summed E-state index contributed by atoms with van der Waals surface area (Å²) in [4.78, 5) is 10.4. The van der Waals surface area contributed by atoms with Crippen molar-refractivity contribution in [3.63, 3.8) is 0 Å². The number of hydrogen-bond acceptors (Lipinski definition) is 4. The molecule has 0 rings (SSSR count). The Morgan fingerprint density at radius 1 is 0.952 bits per heavy atom. The molecule has 0 saturated carbocycles. The summed E-state index contributed by atoms with van der Waals surface area (Å²) in [5.41, 5.74) is 15.2. The highest BCUT2D eigenvalue weighted by atomic mass is 16.3. The fraction of sp³-hybridized carbons (Fsp3) is 0.938. The standard InChI is InChI=1S/C12H25NO.C4H12N2O/c1-2-3-4-5-6-7-8-9-10-11-12(13)14;5-2-1-4(7)3-6/h2-11H2,1H3,(H2,13,14);4,7H,1-3,5-6H2. The number of aliphatic hydroxyl groups excluding tert-OH is 1. The third-order valence-electron chi connectivity index (χ3n) is 3.30. The second-order valence-electron chi connectivity index (χ2n) is 5.51. The van der Waals surface area contributed by atoms with Gasteiger partial charge < -0.3 is 22.3 Å². The van der Waals surface area contributed by atoms with E-state index in [0.717, 1.165) is 12.8 Å². The fourth-order valence-corrected chi connectivity index (χ4v) is 1.92. The molecule has 7 N–H and O–H groups in total. The smallest absolute Gasteiger partial charge is 0.217 e. The normalized spacial score (nSPS) is 11.6. The fourth-order valence-electron chi connectivity index (χ4n) is 1.92. The van der Waals surface area contributed by atoms with Gasteiger partial charge in [-0.3, -0.25) is 4.79 Å². The van der Waals surface area contributed by atoms with E-state index in [2.05, 4.69) is 6.92 Å². The highest BCUT2D eigenvalue weighted by Gasteiger charge is 1.95. The molecule has 1 amide bonds. The van der Waals surface area contributed by atoms with Crippen LogP contribution in [0, 0.1) is 0 Å². The Hall–Kier alpha value is -0.650. The molecule has 5 nitrogen and oxygen atoms in total. The van der Waals surface area contributed by atoms with Crippen LogP contribution in [0.5, 0.6) is 0 Å². The Morgan fingerprint density at radius 3 is 1.76 bits per heavy atom. The zero-order valence-electron chi connectivity index (χ0n) is 13.9. The van der Waals surface area contributed by atoms with E-state index in [-0.39, 0.29) is 5.91 Å². The van der Waals surface area contributed by atoms with E-state index in [9.17, 15) is 4.79 Å². The molecule has 0 saturated heterocycles. The van der Waals surface area contributed by atoms with Gasteiger partial charge in [-0.15, -0.1) is 0 Å². The minimum Gasteiger partial charge on any atom is -0.392 e. The van der Waals surface area contributed by atoms with Crippen molar-refractivity contribution < 1.29 is 9.90 Å². The first kappa shape index (κ1) is 22.6. The van der Waals surface area contributed by atoms with E-state index in [1.54, 1.807) is 0 Å². The SMILES string of the molecule is CCCCCCCCCCCC(N)=O.NCCC(O)CN. The zero-order chi connectivity index (χ0) is 16.3. The molecule has 1 unspecified atom stereocenters. The van der Waals surface area contributed by atoms with Gasteiger partial charge in [-0.1, -0.05) is 58.3 Å². The van der Waals surface area contributed by atoms with Crippen molar-refractivity contribution in [1.82, 2.24) is 0 Å². The van der Waals surface area contributed by atoms with E-state index in [1.807, 2.05) is 0 Å². The molecule has 0 bridgehead atoms. The lowest BCUT2D eigenvalue weighted by atomic mass is 10.1. The lowest BCUT2D eigenvalue weighted by molar-refractivity contribution is -0.118. The van der Waals surface area contributed by atoms with Crippen LogP contribution in [0.15, 0.2) is 0 Å². The number of aliphatic hydroxyl groups is 1. The largest absolute Gasteiger partial charge is 0.392 e. The van der Waals surface area contributed by atoms with Gasteiger partial charge in [-0.2, -0.15) is 0 Å². The molecule has 0 spiro atoms. The van der Waals surface area contributed by atoms with Gasteiger partial charge in [0.05, 0.1) is 6.10 Å². The molecule has 0 aromatic carbocycles. The summed E-state index contributed by atoms with van der Waals surface area (Å²) < 4.78 is 0. The number of nitrogens with two attached hydrogens (primary N) is 3. The third-order valence-corrected chi connectivity index (χ3v) is 3.30. The molecule has 21 heavy (non-hydrogen) atoms. The second kappa shape index (κ2) is 19.4. The molecule has 128 valence electrons. The third kappa shape index (κ3) is 24.7. The lowest BCUT2D eigenvalue weighted by Crippen LogP contribution is -2.22. The molecule has 5 heteroatoms. The van der Waals surface area contributed by atoms with Gasteiger partial charge in [0, 0.05) is 13.0 Å². The summed E-state index contributed by atoms with van der Waals surface area (Å²) in [6, 6.07) is 0. The van der Waals surface area contributed by atoms with Crippen LogP contribution in [0.2, 0.25) is 0 Å². The first-order valence-corrected chi connectivity index (χ1v) is 8.44. The molecular weight excluding hydrogens is 266 g/mol. The molecular formula is C16H37N3O2. The van der Waals surface area contributed by atoms with Crippen molar-refractivity contribution in [2.45, 2.75) is 83.7 Å². The Morgan fingerprint density at radius 2 is 1.43 bits per heavy atom. The summed E-state index contributed by atoms with van der Waals surface area (Å²) in [5.74, 6) is -0.159. The number of unbranched alkanes of at least 4 members (excludes halogenated alkanes) is 8. The van der Waals surface area contributed by atoms with Crippen molar-refractivity contribution in [2.75, 3.05) is 13.1 Å². The number of carbonyl (C=O) groups is 1. The van der Waals surface area contributed by atoms with Gasteiger partial charge in [0.2, 0.25) is 5.91 Å². The predicted octanol–water partition coefficient (Wildman–Crippen LogP) is 2.05. The van der Waals surface area contributed by atoms with Crippen molar-refractivity contribution in [3.05, 3.63) is 0 Å². The average molecular weight is 303 g/mol. The Balaban J connectivity index is 0. The first-order chi connectivity index (χ1) is 10.1. The summed E-state index contributed by atoms with van der Waals surface area (Å²) >= 11 is 0.